The fourth-order valence-electron chi connectivity index (χ4n) is 1.90. The van der Waals surface area contributed by atoms with E-state index in [0.717, 1.165) is 0 Å². The number of benzene rings is 2. The molecule has 0 heterocycles. The molecule has 2 radical (unpaired) electrons. The Morgan fingerprint density at radius 2 is 1.24 bits per heavy atom. The zero-order valence-corrected chi connectivity index (χ0v) is 15.8. The molecule has 1 nitrogen and oxygen atoms in total. The Morgan fingerprint density at radius 1 is 0.765 bits per heavy atom. The SMILES string of the molecule is CC(C)(c1ccccc1)c1ccc(O)cc1.[PbH2]. The monoisotopic (exact) mass is 422 g/mol. The van der Waals surface area contributed by atoms with Crippen molar-refractivity contribution in [2.24, 2.45) is 0 Å². The molecule has 0 spiro atoms. The standard InChI is InChI=1S/C15H16O.Pb.2H/c1-15(2,12-6-4-3-5-7-12)13-8-10-14(16)11-9-13;;;/h3-11,16H,1-2H3;;;. The minimum absolute atomic E-state index is 0. The molecule has 0 unspecified atom stereocenters. The van der Waals surface area contributed by atoms with Gasteiger partial charge in [0.1, 0.15) is 5.75 Å². The van der Waals surface area contributed by atoms with Crippen LogP contribution in [0.5, 0.6) is 5.75 Å². The van der Waals surface area contributed by atoms with Crippen molar-refractivity contribution in [1.82, 2.24) is 0 Å². The van der Waals surface area contributed by atoms with E-state index in [-0.39, 0.29) is 32.7 Å². The van der Waals surface area contributed by atoms with E-state index >= 15 is 0 Å². The number of phenolic OH excluding ortho intramolecular Hbond substituents is 1. The summed E-state index contributed by atoms with van der Waals surface area (Å²) in [5, 5.41) is 9.29. The van der Waals surface area contributed by atoms with Crippen LogP contribution in [0.3, 0.4) is 0 Å². The molecule has 88 valence electrons. The Kier molecular flexibility index (Phi) is 4.74. The molecule has 0 aliphatic carbocycles. The van der Waals surface area contributed by atoms with Gasteiger partial charge in [-0.2, -0.15) is 0 Å². The molecule has 0 amide bonds. The predicted octanol–water partition coefficient (Wildman–Crippen LogP) is 2.80. The van der Waals surface area contributed by atoms with Crippen LogP contribution >= 0.6 is 0 Å². The first-order valence-electron chi connectivity index (χ1n) is 5.46. The van der Waals surface area contributed by atoms with Gasteiger partial charge in [-0.3, -0.25) is 0 Å². The molecule has 0 aliphatic heterocycles. The maximum absolute atomic E-state index is 9.29. The van der Waals surface area contributed by atoms with Crippen molar-refractivity contribution in [3.05, 3.63) is 65.7 Å². The van der Waals surface area contributed by atoms with Crippen molar-refractivity contribution in [3.63, 3.8) is 0 Å². The normalized spacial score (nSPS) is 10.7. The molecular formula is C15H18OPb. The fourth-order valence-corrected chi connectivity index (χ4v) is 1.90. The van der Waals surface area contributed by atoms with Crippen molar-refractivity contribution < 1.29 is 5.11 Å². The van der Waals surface area contributed by atoms with Crippen molar-refractivity contribution in [1.29, 1.82) is 0 Å². The van der Waals surface area contributed by atoms with E-state index in [1.165, 1.54) is 11.1 Å². The number of rotatable bonds is 2. The molecule has 17 heavy (non-hydrogen) atoms. The van der Waals surface area contributed by atoms with Gasteiger partial charge in [0.05, 0.1) is 0 Å². The van der Waals surface area contributed by atoms with E-state index in [0.29, 0.717) is 5.75 Å². The number of aromatic hydroxyl groups is 1. The van der Waals surface area contributed by atoms with Crippen LogP contribution in [0.25, 0.3) is 0 Å². The quantitative estimate of drug-likeness (QED) is 0.740. The van der Waals surface area contributed by atoms with E-state index in [4.69, 9.17) is 0 Å². The van der Waals surface area contributed by atoms with Gasteiger partial charge >= 0.3 is 27.3 Å². The van der Waals surface area contributed by atoms with Gasteiger partial charge in [-0.05, 0) is 23.3 Å². The van der Waals surface area contributed by atoms with E-state index in [2.05, 4.69) is 38.1 Å². The minimum atomic E-state index is -0.0328. The number of phenols is 1. The van der Waals surface area contributed by atoms with Crippen LogP contribution in [0.15, 0.2) is 54.6 Å². The first kappa shape index (κ1) is 14.2. The summed E-state index contributed by atoms with van der Waals surface area (Å²) in [5.74, 6) is 0.313. The Hall–Kier alpha value is -0.838. The van der Waals surface area contributed by atoms with Gasteiger partial charge < -0.3 is 5.11 Å². The molecule has 0 aliphatic rings. The van der Waals surface area contributed by atoms with Gasteiger partial charge in [0, 0.05) is 5.41 Å². The Bertz CT molecular complexity index is 460. The van der Waals surface area contributed by atoms with E-state index in [9.17, 15) is 5.11 Å². The van der Waals surface area contributed by atoms with Crippen LogP contribution in [-0.2, 0) is 5.41 Å². The van der Waals surface area contributed by atoms with Gasteiger partial charge in [-0.1, -0.05) is 56.3 Å². The summed E-state index contributed by atoms with van der Waals surface area (Å²) in [4.78, 5) is 0. The van der Waals surface area contributed by atoms with Crippen LogP contribution in [0.4, 0.5) is 0 Å². The van der Waals surface area contributed by atoms with Crippen LogP contribution in [0, 0.1) is 0 Å². The third-order valence-electron chi connectivity index (χ3n) is 3.08. The van der Waals surface area contributed by atoms with E-state index in [1.54, 1.807) is 12.1 Å². The average Bonchev–Trinajstić information content (AvgIpc) is 2.31. The Labute approximate surface area is 123 Å². The third kappa shape index (κ3) is 3.09. The second-order valence-electron chi connectivity index (χ2n) is 4.54. The summed E-state index contributed by atoms with van der Waals surface area (Å²) in [6.45, 7) is 4.38. The zero-order valence-electron chi connectivity index (χ0n) is 10.4. The van der Waals surface area contributed by atoms with Crippen molar-refractivity contribution in [2.75, 3.05) is 0 Å². The summed E-state index contributed by atoms with van der Waals surface area (Å²) >= 11 is 0. The van der Waals surface area contributed by atoms with Gasteiger partial charge in [-0.25, -0.2) is 0 Å². The van der Waals surface area contributed by atoms with E-state index < -0.39 is 0 Å². The molecule has 2 heteroatoms. The van der Waals surface area contributed by atoms with Gasteiger partial charge in [0.15, 0.2) is 0 Å². The van der Waals surface area contributed by atoms with Gasteiger partial charge in [0.25, 0.3) is 0 Å². The number of hydrogen-bond acceptors (Lipinski definition) is 1. The molecular weight excluding hydrogens is 403 g/mol. The fraction of sp³-hybridized carbons (Fsp3) is 0.200. The molecule has 2 aromatic carbocycles. The maximum atomic E-state index is 9.29. The molecule has 0 fully saturated rings. The van der Waals surface area contributed by atoms with Gasteiger partial charge in [-0.15, -0.1) is 0 Å². The molecule has 0 aromatic heterocycles. The molecule has 0 saturated carbocycles. The second kappa shape index (κ2) is 5.67. The summed E-state index contributed by atoms with van der Waals surface area (Å²) in [7, 11) is 0. The van der Waals surface area contributed by atoms with Crippen LogP contribution in [0.2, 0.25) is 0 Å². The first-order valence-corrected chi connectivity index (χ1v) is 5.46. The topological polar surface area (TPSA) is 20.2 Å². The first-order chi connectivity index (χ1) is 7.60. The molecule has 0 saturated heterocycles. The number of hydrogen-bond donors (Lipinski definition) is 1. The molecule has 1 N–H and O–H groups in total. The summed E-state index contributed by atoms with van der Waals surface area (Å²) in [6, 6.07) is 17.8. The molecule has 0 atom stereocenters. The predicted molar refractivity (Wildman–Crippen MR) is 75.2 cm³/mol. The van der Waals surface area contributed by atoms with Gasteiger partial charge in [0.2, 0.25) is 0 Å². The molecule has 2 aromatic rings. The zero-order chi connectivity index (χ0) is 11.6. The Morgan fingerprint density at radius 3 is 1.76 bits per heavy atom. The molecule has 0 bridgehead atoms. The average molecular weight is 422 g/mol. The van der Waals surface area contributed by atoms with Crippen LogP contribution in [0.1, 0.15) is 25.0 Å². The van der Waals surface area contributed by atoms with Crippen molar-refractivity contribution in [2.45, 2.75) is 19.3 Å². The summed E-state index contributed by atoms with van der Waals surface area (Å²) in [6.07, 6.45) is 0. The van der Waals surface area contributed by atoms with Crippen LogP contribution < -0.4 is 0 Å². The van der Waals surface area contributed by atoms with E-state index in [1.807, 2.05) is 18.2 Å². The Balaban J connectivity index is 0.00000144. The van der Waals surface area contributed by atoms with Crippen molar-refractivity contribution in [3.8, 4) is 5.75 Å². The summed E-state index contributed by atoms with van der Waals surface area (Å²) in [5.41, 5.74) is 2.45. The third-order valence-corrected chi connectivity index (χ3v) is 3.08. The van der Waals surface area contributed by atoms with Crippen LogP contribution in [-0.4, -0.2) is 32.4 Å². The summed E-state index contributed by atoms with van der Waals surface area (Å²) < 4.78 is 0. The second-order valence-corrected chi connectivity index (χ2v) is 4.54. The van der Waals surface area contributed by atoms with Crippen molar-refractivity contribution >= 4 is 27.3 Å². The molecule has 2 rings (SSSR count).